The minimum absolute atomic E-state index is 0.0321. The number of carbonyl (C=O) groups is 1. The molecule has 4 aliphatic heterocycles. The fourth-order valence-corrected chi connectivity index (χ4v) is 8.97. The van der Waals surface area contributed by atoms with Crippen molar-refractivity contribution in [3.8, 4) is 23.0 Å². The first-order valence-corrected chi connectivity index (χ1v) is 18.7. The van der Waals surface area contributed by atoms with Gasteiger partial charge in [0.1, 0.15) is 29.2 Å². The van der Waals surface area contributed by atoms with Gasteiger partial charge in [0, 0.05) is 30.3 Å². The summed E-state index contributed by atoms with van der Waals surface area (Å²) in [6.07, 6.45) is 10.9. The van der Waals surface area contributed by atoms with Crippen LogP contribution in [0.3, 0.4) is 0 Å². The maximum Gasteiger partial charge on any atom is 0.411 e. The Morgan fingerprint density at radius 3 is 2.60 bits per heavy atom. The Balaban J connectivity index is 1.25. The lowest BCUT2D eigenvalue weighted by Crippen LogP contribution is -2.45. The van der Waals surface area contributed by atoms with Gasteiger partial charge in [-0.15, -0.1) is 0 Å². The number of halogens is 1. The monoisotopic (exact) mass is 709 g/mol. The molecule has 2 aromatic heterocycles. The second-order valence-electron chi connectivity index (χ2n) is 15.7. The van der Waals surface area contributed by atoms with Gasteiger partial charge in [0.05, 0.1) is 17.3 Å². The Bertz CT molecular complexity index is 2050. The zero-order chi connectivity index (χ0) is 36.2. The smallest absolute Gasteiger partial charge is 0.411 e. The van der Waals surface area contributed by atoms with Crippen LogP contribution in [0.5, 0.6) is 11.8 Å². The lowest BCUT2D eigenvalue weighted by molar-refractivity contribution is 0.0175. The standard InChI is InChI=1S/C41H48FN5O5/c1-6-25-10-7-11-26-20-30(51-24-49-5)21-31(33(25)26)36-34(42)37-32(22-43-36)35(44-38(45-37)50-23-41-14-8-16-46(41)17-9-15-41)27-18-28-12-13-29(19-27)47(28)39(48)52-40(2,3)4/h7,10-11,18,20-22,28-29H,6,8-9,12-17,19,23-24H2,1-5H3. The zero-order valence-corrected chi connectivity index (χ0v) is 30.8. The van der Waals surface area contributed by atoms with Crippen molar-refractivity contribution in [2.24, 2.45) is 0 Å². The molecule has 0 spiro atoms. The lowest BCUT2D eigenvalue weighted by atomic mass is 9.94. The molecule has 11 heteroatoms. The van der Waals surface area contributed by atoms with Crippen LogP contribution in [0, 0.1) is 5.82 Å². The number of methoxy groups -OCH3 is 1. The first-order chi connectivity index (χ1) is 25.1. The van der Waals surface area contributed by atoms with Crippen LogP contribution in [0.4, 0.5) is 9.18 Å². The van der Waals surface area contributed by atoms with Gasteiger partial charge in [-0.3, -0.25) is 14.8 Å². The zero-order valence-electron chi connectivity index (χ0n) is 30.8. The molecule has 2 unspecified atom stereocenters. The highest BCUT2D eigenvalue weighted by molar-refractivity contribution is 6.01. The van der Waals surface area contributed by atoms with E-state index < -0.39 is 11.4 Å². The number of hydrogen-bond acceptors (Lipinski definition) is 9. The number of carbonyl (C=O) groups excluding carboxylic acids is 1. The van der Waals surface area contributed by atoms with Crippen molar-refractivity contribution < 1.29 is 28.1 Å². The number of ether oxygens (including phenoxy) is 4. The Morgan fingerprint density at radius 1 is 1.06 bits per heavy atom. The Hall–Kier alpha value is -4.35. The molecule has 0 N–H and O–H groups in total. The molecule has 6 heterocycles. The third-order valence-corrected chi connectivity index (χ3v) is 11.3. The molecule has 4 aromatic rings. The molecule has 8 rings (SSSR count). The molecule has 0 saturated carbocycles. The number of fused-ring (bicyclic) bond motifs is 5. The third kappa shape index (κ3) is 6.25. The molecule has 4 aliphatic rings. The van der Waals surface area contributed by atoms with Crippen LogP contribution in [0.2, 0.25) is 0 Å². The van der Waals surface area contributed by atoms with E-state index in [0.29, 0.717) is 35.4 Å². The Labute approximate surface area is 304 Å². The summed E-state index contributed by atoms with van der Waals surface area (Å²) in [5.41, 5.74) is 2.95. The van der Waals surface area contributed by atoms with Crippen molar-refractivity contribution in [3.05, 3.63) is 59.7 Å². The van der Waals surface area contributed by atoms with E-state index in [-0.39, 0.29) is 47.7 Å². The molecular weight excluding hydrogens is 661 g/mol. The second-order valence-corrected chi connectivity index (χ2v) is 15.7. The number of pyridine rings is 1. The minimum Gasteiger partial charge on any atom is -0.468 e. The first kappa shape index (κ1) is 34.7. The van der Waals surface area contributed by atoms with Crippen LogP contribution < -0.4 is 9.47 Å². The molecule has 1 amide bonds. The van der Waals surface area contributed by atoms with Gasteiger partial charge in [0.15, 0.2) is 12.6 Å². The van der Waals surface area contributed by atoms with Gasteiger partial charge < -0.3 is 18.9 Å². The van der Waals surface area contributed by atoms with Gasteiger partial charge in [0.2, 0.25) is 0 Å². The summed E-state index contributed by atoms with van der Waals surface area (Å²) in [7, 11) is 1.57. The summed E-state index contributed by atoms with van der Waals surface area (Å²) in [6, 6.07) is 9.80. The number of rotatable bonds is 9. The molecular formula is C41H48FN5O5. The maximum absolute atomic E-state index is 17.3. The largest absolute Gasteiger partial charge is 0.468 e. The summed E-state index contributed by atoms with van der Waals surface area (Å²) < 4.78 is 40.6. The van der Waals surface area contributed by atoms with E-state index in [1.54, 1.807) is 13.3 Å². The van der Waals surface area contributed by atoms with Crippen molar-refractivity contribution in [2.45, 2.75) is 102 Å². The van der Waals surface area contributed by atoms with Crippen molar-refractivity contribution in [1.82, 2.24) is 24.8 Å². The maximum atomic E-state index is 17.3. The highest BCUT2D eigenvalue weighted by Gasteiger charge is 2.45. The fraction of sp³-hybridized carbons (Fsp3) is 0.512. The molecule has 3 fully saturated rings. The number of aryl methyl sites for hydroxylation is 1. The average molecular weight is 710 g/mol. The molecule has 0 radical (unpaired) electrons. The number of nitrogens with zero attached hydrogens (tertiary/aromatic N) is 5. The van der Waals surface area contributed by atoms with E-state index in [0.717, 1.165) is 79.9 Å². The van der Waals surface area contributed by atoms with Gasteiger partial charge in [-0.05, 0) is 119 Å². The van der Waals surface area contributed by atoms with Gasteiger partial charge in [0.25, 0.3) is 0 Å². The van der Waals surface area contributed by atoms with Gasteiger partial charge in [-0.2, -0.15) is 9.97 Å². The number of hydrogen-bond donors (Lipinski definition) is 0. The highest BCUT2D eigenvalue weighted by atomic mass is 19.1. The van der Waals surface area contributed by atoms with E-state index in [2.05, 4.69) is 24.0 Å². The van der Waals surface area contributed by atoms with Crippen molar-refractivity contribution >= 4 is 33.3 Å². The summed E-state index contributed by atoms with van der Waals surface area (Å²) in [5.74, 6) is 0.0130. The molecule has 10 nitrogen and oxygen atoms in total. The molecule has 274 valence electrons. The van der Waals surface area contributed by atoms with Crippen LogP contribution in [-0.2, 0) is 15.9 Å². The first-order valence-electron chi connectivity index (χ1n) is 18.7. The van der Waals surface area contributed by atoms with E-state index in [1.165, 1.54) is 0 Å². The predicted molar refractivity (Wildman–Crippen MR) is 198 cm³/mol. The topological polar surface area (TPSA) is 99.1 Å². The minimum atomic E-state index is -0.594. The van der Waals surface area contributed by atoms with Gasteiger partial charge >= 0.3 is 12.1 Å². The van der Waals surface area contributed by atoms with E-state index in [4.69, 9.17) is 33.9 Å². The fourth-order valence-electron chi connectivity index (χ4n) is 8.97. The predicted octanol–water partition coefficient (Wildman–Crippen LogP) is 8.09. The summed E-state index contributed by atoms with van der Waals surface area (Å²) in [4.78, 5) is 32.2. The second kappa shape index (κ2) is 13.6. The van der Waals surface area contributed by atoms with E-state index in [9.17, 15) is 4.79 Å². The quantitative estimate of drug-likeness (QED) is 0.160. The lowest BCUT2D eigenvalue weighted by Gasteiger charge is -2.35. The normalized spacial score (nSPS) is 21.1. The van der Waals surface area contributed by atoms with E-state index >= 15 is 4.39 Å². The number of benzene rings is 2. The van der Waals surface area contributed by atoms with Crippen LogP contribution in [0.15, 0.2) is 42.6 Å². The van der Waals surface area contributed by atoms with Crippen LogP contribution in [0.25, 0.3) is 38.5 Å². The van der Waals surface area contributed by atoms with E-state index in [1.807, 2.05) is 49.9 Å². The van der Waals surface area contributed by atoms with Crippen molar-refractivity contribution in [2.75, 3.05) is 33.6 Å². The average Bonchev–Trinajstić information content (AvgIpc) is 3.79. The number of aromatic nitrogens is 3. The van der Waals surface area contributed by atoms with Gasteiger partial charge in [-0.1, -0.05) is 31.2 Å². The molecule has 0 aliphatic carbocycles. The summed E-state index contributed by atoms with van der Waals surface area (Å²) >= 11 is 0. The highest BCUT2D eigenvalue weighted by Crippen LogP contribution is 2.43. The molecule has 2 atom stereocenters. The molecule has 2 aromatic carbocycles. The molecule has 3 saturated heterocycles. The summed E-state index contributed by atoms with van der Waals surface area (Å²) in [6.45, 7) is 10.4. The Kier molecular flexibility index (Phi) is 9.06. The van der Waals surface area contributed by atoms with Crippen molar-refractivity contribution in [1.29, 1.82) is 0 Å². The molecule has 52 heavy (non-hydrogen) atoms. The van der Waals surface area contributed by atoms with Gasteiger partial charge in [-0.25, -0.2) is 9.18 Å². The summed E-state index contributed by atoms with van der Waals surface area (Å²) in [5, 5.41) is 2.35. The Morgan fingerprint density at radius 2 is 1.87 bits per heavy atom. The van der Waals surface area contributed by atoms with Crippen molar-refractivity contribution in [3.63, 3.8) is 0 Å². The molecule has 2 bridgehead atoms. The SMILES string of the molecule is CCc1cccc2cc(OCOC)cc(-c3ncc4c(C5=CC6CCC(C5)N6C(=O)OC(C)(C)C)nc(OCC56CCCN5CCC6)nc4c3F)c12. The van der Waals surface area contributed by atoms with Crippen LogP contribution in [0.1, 0.15) is 83.9 Å². The third-order valence-electron chi connectivity index (χ3n) is 11.3. The number of amides is 1. The van der Waals surface area contributed by atoms with Crippen LogP contribution >= 0.6 is 0 Å². The van der Waals surface area contributed by atoms with Crippen LogP contribution in [-0.4, -0.2) is 87.7 Å².